The second kappa shape index (κ2) is 14.6. The minimum absolute atomic E-state index is 0.00741. The summed E-state index contributed by atoms with van der Waals surface area (Å²) in [7, 11) is -2.52. The number of sulfonamides is 1. The van der Waals surface area contributed by atoms with E-state index in [1.807, 2.05) is 0 Å². The molecule has 1 saturated carbocycles. The van der Waals surface area contributed by atoms with Crippen molar-refractivity contribution in [2.75, 3.05) is 11.0 Å². The van der Waals surface area contributed by atoms with Crippen LogP contribution in [0.15, 0.2) is 71.5 Å². The number of anilines is 1. The van der Waals surface area contributed by atoms with Gasteiger partial charge in [-0.15, -0.1) is 0 Å². The number of nitrogens with zero attached hydrogens (tertiary/aromatic N) is 7. The molecule has 62 heavy (non-hydrogen) atoms. The van der Waals surface area contributed by atoms with E-state index in [4.69, 9.17) is 16.6 Å². The predicted molar refractivity (Wildman–Crippen MR) is 211 cm³/mol. The third kappa shape index (κ3) is 7.01. The van der Waals surface area contributed by atoms with Gasteiger partial charge in [0, 0.05) is 36.6 Å². The minimum atomic E-state index is -3.94. The summed E-state index contributed by atoms with van der Waals surface area (Å²) in [6.07, 6.45) is -2.91. The zero-order valence-corrected chi connectivity index (χ0v) is 33.5. The second-order valence-electron chi connectivity index (χ2n) is 15.1. The molecule has 1 fully saturated rings. The highest BCUT2D eigenvalue weighted by atomic mass is 35.5. The molecule has 22 heteroatoms. The number of halogens is 8. The van der Waals surface area contributed by atoms with E-state index in [9.17, 15) is 35.6 Å². The highest BCUT2D eigenvalue weighted by Crippen LogP contribution is 2.68. The molecule has 9 rings (SSSR count). The van der Waals surface area contributed by atoms with Crippen molar-refractivity contribution < 1.29 is 43.9 Å². The maximum Gasteiger partial charge on any atom is 0.293 e. The van der Waals surface area contributed by atoms with Crippen molar-refractivity contribution in [2.24, 2.45) is 13.0 Å². The topological polar surface area (TPSA) is 159 Å². The van der Waals surface area contributed by atoms with Crippen molar-refractivity contribution in [3.05, 3.63) is 128 Å². The summed E-state index contributed by atoms with van der Waals surface area (Å²) < 4.78 is 133. The molecule has 3 atom stereocenters. The number of fused-ring (bicyclic) bond motifs is 5. The molecule has 0 radical (unpaired) electrons. The van der Waals surface area contributed by atoms with Crippen molar-refractivity contribution in [1.82, 2.24) is 39.4 Å². The van der Waals surface area contributed by atoms with Crippen LogP contribution in [0.4, 0.5) is 36.6 Å². The molecule has 0 spiro atoms. The number of aryl methyl sites for hydroxylation is 1. The third-order valence-electron chi connectivity index (χ3n) is 10.8. The molecule has 0 bridgehead atoms. The summed E-state index contributed by atoms with van der Waals surface area (Å²) in [6, 6.07) is 11.9. The van der Waals surface area contributed by atoms with E-state index in [2.05, 4.69) is 25.2 Å². The Morgan fingerprint density at radius 3 is 2.42 bits per heavy atom. The quantitative estimate of drug-likeness (QED) is 0.129. The van der Waals surface area contributed by atoms with Gasteiger partial charge < -0.3 is 5.32 Å². The number of nitrogens with one attached hydrogen (secondary N) is 2. The number of benzene rings is 3. The van der Waals surface area contributed by atoms with Crippen molar-refractivity contribution in [3.63, 3.8) is 0 Å². The number of amides is 1. The molecule has 13 nitrogen and oxygen atoms in total. The summed E-state index contributed by atoms with van der Waals surface area (Å²) in [4.78, 5) is 38.2. The van der Waals surface area contributed by atoms with Gasteiger partial charge in [0.25, 0.3) is 17.9 Å². The van der Waals surface area contributed by atoms with E-state index >= 15 is 13.2 Å². The summed E-state index contributed by atoms with van der Waals surface area (Å²) in [5.74, 6) is -10.1. The van der Waals surface area contributed by atoms with Crippen LogP contribution in [-0.4, -0.2) is 54.7 Å². The van der Waals surface area contributed by atoms with E-state index in [0.29, 0.717) is 10.7 Å². The van der Waals surface area contributed by atoms with E-state index in [0.717, 1.165) is 23.0 Å². The van der Waals surface area contributed by atoms with Gasteiger partial charge in [-0.1, -0.05) is 23.7 Å². The zero-order valence-electron chi connectivity index (χ0n) is 32.0. The Kier molecular flexibility index (Phi) is 9.69. The third-order valence-corrected chi connectivity index (χ3v) is 11.7. The van der Waals surface area contributed by atoms with Crippen LogP contribution in [0, 0.1) is 23.4 Å². The number of carbonyl (C=O) groups is 1. The number of rotatable bonds is 11. The van der Waals surface area contributed by atoms with Crippen LogP contribution < -0.4 is 15.6 Å². The molecule has 0 saturated heterocycles. The van der Waals surface area contributed by atoms with Crippen LogP contribution in [0.5, 0.6) is 0 Å². The number of carbonyl (C=O) groups excluding carboxylic acids is 1. The lowest BCUT2D eigenvalue weighted by molar-refractivity contribution is -0.123. The van der Waals surface area contributed by atoms with Gasteiger partial charge in [-0.25, -0.2) is 40.3 Å². The molecule has 4 aromatic heterocycles. The Morgan fingerprint density at radius 1 is 1.00 bits per heavy atom. The molecule has 1 amide bonds. The van der Waals surface area contributed by atoms with Crippen LogP contribution >= 0.6 is 11.6 Å². The Balaban J connectivity index is 1.26. The number of hydrogen-bond donors (Lipinski definition) is 2. The SMILES string of the molecule is Cn1nc(NS(C)(=O)=O)c2c(Cl)ccc(-n3c([C@H](Cc4cc(F)cc(F)c4)NC(=O)Cn4nc(C(F)F)c5c4C(F)(F)C4CC54)nc4nc(-c5ccccc5F)ccc4c3=O)c21. The first-order valence-electron chi connectivity index (χ1n) is 18.6. The van der Waals surface area contributed by atoms with Crippen LogP contribution in [0.25, 0.3) is 38.9 Å². The van der Waals surface area contributed by atoms with E-state index in [1.165, 1.54) is 54.2 Å². The van der Waals surface area contributed by atoms with Crippen molar-refractivity contribution in [1.29, 1.82) is 0 Å². The fourth-order valence-electron chi connectivity index (χ4n) is 8.28. The molecule has 320 valence electrons. The largest absolute Gasteiger partial charge is 0.344 e. The van der Waals surface area contributed by atoms with Crippen LogP contribution in [-0.2, 0) is 40.8 Å². The molecular weight excluding hydrogens is 871 g/mol. The van der Waals surface area contributed by atoms with Gasteiger partial charge >= 0.3 is 0 Å². The molecule has 2 unspecified atom stereocenters. The molecule has 2 N–H and O–H groups in total. The highest BCUT2D eigenvalue weighted by molar-refractivity contribution is 7.92. The Bertz CT molecular complexity index is 3190. The first kappa shape index (κ1) is 41.0. The molecule has 2 aliphatic carbocycles. The fourth-order valence-corrected chi connectivity index (χ4v) is 9.02. The predicted octanol–water partition coefficient (Wildman–Crippen LogP) is 7.22. The normalized spacial score (nSPS) is 17.1. The molecule has 7 aromatic rings. The summed E-state index contributed by atoms with van der Waals surface area (Å²) >= 11 is 6.60. The number of pyridine rings is 1. The average molecular weight is 900 g/mol. The minimum Gasteiger partial charge on any atom is -0.344 e. The molecule has 2 aliphatic rings. The maximum atomic E-state index is 15.5. The molecule has 4 heterocycles. The second-order valence-corrected chi connectivity index (χ2v) is 17.2. The molecule has 3 aromatic carbocycles. The first-order valence-corrected chi connectivity index (χ1v) is 20.9. The summed E-state index contributed by atoms with van der Waals surface area (Å²) in [5.41, 5.74) is -3.18. The lowest BCUT2D eigenvalue weighted by Crippen LogP contribution is -2.38. The van der Waals surface area contributed by atoms with Gasteiger partial charge in [0.15, 0.2) is 11.5 Å². The van der Waals surface area contributed by atoms with Crippen molar-refractivity contribution in [2.45, 2.75) is 43.7 Å². The lowest BCUT2D eigenvalue weighted by Gasteiger charge is -2.24. The Morgan fingerprint density at radius 2 is 1.73 bits per heavy atom. The van der Waals surface area contributed by atoms with Crippen molar-refractivity contribution in [3.8, 4) is 16.9 Å². The standard InChI is InChI=1S/C40H29ClF7N9O4S/c1-55-33-28(10-8-24(41)31(33)37(53-55)54-62(2,60)61)57-38(51-36-21(39(57)59)7-9-26(50-36)20-5-3-4-6-25(20)44)27(13-17-11-18(42)14-19(43)12-17)49-29(58)16-56-34-30(32(52-56)35(45)46)22-15-23(22)40(34,47)48/h3-12,14,22-23,27,35H,13,15-16H2,1-2H3,(H,49,58)(H,53,54)/t22?,23?,27-/m0/s1. The van der Waals surface area contributed by atoms with E-state index in [-0.39, 0.29) is 73.1 Å². The van der Waals surface area contributed by atoms with Crippen LogP contribution in [0.2, 0.25) is 5.02 Å². The van der Waals surface area contributed by atoms with Gasteiger partial charge in [-0.05, 0) is 66.4 Å². The fraction of sp³-hybridized carbons (Fsp3) is 0.250. The Labute approximate surface area is 350 Å². The zero-order chi connectivity index (χ0) is 44.2. The maximum absolute atomic E-state index is 15.5. The van der Waals surface area contributed by atoms with Crippen LogP contribution in [0.1, 0.15) is 53.1 Å². The molecule has 0 aliphatic heterocycles. The van der Waals surface area contributed by atoms with E-state index in [1.54, 1.807) is 6.07 Å². The lowest BCUT2D eigenvalue weighted by atomic mass is 10.0. The van der Waals surface area contributed by atoms with Crippen LogP contribution in [0.3, 0.4) is 0 Å². The monoisotopic (exact) mass is 899 g/mol. The molecular formula is C40H29ClF7N9O4S. The van der Waals surface area contributed by atoms with Gasteiger partial charge in [0.05, 0.1) is 45.0 Å². The summed E-state index contributed by atoms with van der Waals surface area (Å²) in [6.45, 7) is -1.03. The average Bonchev–Trinajstić information content (AvgIpc) is 3.73. The van der Waals surface area contributed by atoms with Gasteiger partial charge in [-0.3, -0.25) is 28.2 Å². The number of hydrogen-bond acceptors (Lipinski definition) is 8. The smallest absolute Gasteiger partial charge is 0.293 e. The first-order chi connectivity index (χ1) is 29.3. The van der Waals surface area contributed by atoms with Crippen molar-refractivity contribution >= 4 is 55.3 Å². The number of alkyl halides is 4. The van der Waals surface area contributed by atoms with Gasteiger partial charge in [-0.2, -0.15) is 19.0 Å². The number of aromatic nitrogens is 7. The van der Waals surface area contributed by atoms with Gasteiger partial charge in [0.1, 0.15) is 41.2 Å². The Hall–Kier alpha value is -6.35. The summed E-state index contributed by atoms with van der Waals surface area (Å²) in [5, 5.41) is 10.4. The van der Waals surface area contributed by atoms with Gasteiger partial charge in [0.2, 0.25) is 15.9 Å². The van der Waals surface area contributed by atoms with E-state index < -0.39 is 93.5 Å². The highest BCUT2D eigenvalue weighted by Gasteiger charge is 2.67.